The zero-order valence-electron chi connectivity index (χ0n) is 19.1. The van der Waals surface area contributed by atoms with Gasteiger partial charge in [-0.1, -0.05) is 42.5 Å². The highest BCUT2D eigenvalue weighted by atomic mass is 16.6. The van der Waals surface area contributed by atoms with E-state index < -0.39 is 11.2 Å². The maximum absolute atomic E-state index is 12.4. The van der Waals surface area contributed by atoms with Gasteiger partial charge in [0, 0.05) is 18.7 Å². The molecule has 9 nitrogen and oxygen atoms in total. The van der Waals surface area contributed by atoms with Crippen LogP contribution >= 0.6 is 0 Å². The summed E-state index contributed by atoms with van der Waals surface area (Å²) in [7, 11) is 0. The molecule has 0 unspecified atom stereocenters. The van der Waals surface area contributed by atoms with Crippen molar-refractivity contribution < 1.29 is 9.53 Å². The van der Waals surface area contributed by atoms with Gasteiger partial charge >= 0.3 is 6.09 Å². The number of hydrogen-bond acceptors (Lipinski definition) is 7. The number of rotatable bonds is 4. The SMILES string of the molecule is CC(C)(C)OC(=O)N1Cc2ccc(C=NNc3nc(-c4ccccc4)c(C#N)c(=O)[nH]3)cc2C1. The van der Waals surface area contributed by atoms with Crippen LogP contribution in [-0.4, -0.2) is 32.8 Å². The summed E-state index contributed by atoms with van der Waals surface area (Å²) in [5.74, 6) is 0.122. The smallest absolute Gasteiger partial charge is 0.410 e. The quantitative estimate of drug-likeness (QED) is 0.452. The monoisotopic (exact) mass is 456 g/mol. The fourth-order valence-electron chi connectivity index (χ4n) is 3.55. The van der Waals surface area contributed by atoms with Gasteiger partial charge in [-0.05, 0) is 43.5 Å². The van der Waals surface area contributed by atoms with Crippen LogP contribution < -0.4 is 11.0 Å². The fourth-order valence-corrected chi connectivity index (χ4v) is 3.55. The molecule has 0 radical (unpaired) electrons. The Morgan fingerprint density at radius 2 is 1.94 bits per heavy atom. The minimum absolute atomic E-state index is 0.0612. The van der Waals surface area contributed by atoms with Crippen molar-refractivity contribution in [3.63, 3.8) is 0 Å². The van der Waals surface area contributed by atoms with Crippen molar-refractivity contribution in [2.75, 3.05) is 5.43 Å². The van der Waals surface area contributed by atoms with E-state index >= 15 is 0 Å². The van der Waals surface area contributed by atoms with E-state index in [1.807, 2.05) is 63.2 Å². The van der Waals surface area contributed by atoms with Gasteiger partial charge in [0.05, 0.1) is 11.9 Å². The summed E-state index contributed by atoms with van der Waals surface area (Å²) < 4.78 is 5.46. The minimum atomic E-state index is -0.547. The Labute approximate surface area is 196 Å². The number of aromatic nitrogens is 2. The molecule has 0 bridgehead atoms. The molecule has 0 spiro atoms. The first-order chi connectivity index (χ1) is 16.2. The number of amides is 1. The molecular formula is C25H24N6O3. The second-order valence-electron chi connectivity index (χ2n) is 8.85. The van der Waals surface area contributed by atoms with Crippen molar-refractivity contribution in [3.05, 3.63) is 81.1 Å². The van der Waals surface area contributed by atoms with E-state index in [1.54, 1.807) is 23.2 Å². The largest absolute Gasteiger partial charge is 0.444 e. The van der Waals surface area contributed by atoms with E-state index in [4.69, 9.17) is 4.74 Å². The van der Waals surface area contributed by atoms with Crippen LogP contribution in [0.5, 0.6) is 0 Å². The van der Waals surface area contributed by atoms with Crippen LogP contribution in [0.3, 0.4) is 0 Å². The molecule has 1 aliphatic rings. The number of hydrogen-bond donors (Lipinski definition) is 2. The van der Waals surface area contributed by atoms with E-state index in [0.717, 1.165) is 16.7 Å². The molecule has 34 heavy (non-hydrogen) atoms. The lowest BCUT2D eigenvalue weighted by atomic mass is 10.1. The second-order valence-corrected chi connectivity index (χ2v) is 8.85. The van der Waals surface area contributed by atoms with Crippen LogP contribution in [0.4, 0.5) is 10.7 Å². The molecule has 0 saturated heterocycles. The molecular weight excluding hydrogens is 432 g/mol. The summed E-state index contributed by atoms with van der Waals surface area (Å²) in [6.07, 6.45) is 1.25. The molecule has 2 heterocycles. The van der Waals surface area contributed by atoms with E-state index in [2.05, 4.69) is 20.5 Å². The number of nitriles is 1. The van der Waals surface area contributed by atoms with E-state index in [-0.39, 0.29) is 23.3 Å². The number of nitrogens with zero attached hydrogens (tertiary/aromatic N) is 4. The van der Waals surface area contributed by atoms with Gasteiger partial charge in [0.15, 0.2) is 0 Å². The number of hydrazone groups is 1. The lowest BCUT2D eigenvalue weighted by Crippen LogP contribution is -2.33. The maximum atomic E-state index is 12.4. The average Bonchev–Trinajstić information content (AvgIpc) is 3.22. The van der Waals surface area contributed by atoms with Gasteiger partial charge in [-0.3, -0.25) is 14.7 Å². The lowest BCUT2D eigenvalue weighted by Gasteiger charge is -2.24. The second kappa shape index (κ2) is 9.19. The Morgan fingerprint density at radius 3 is 2.65 bits per heavy atom. The zero-order chi connectivity index (χ0) is 24.3. The molecule has 9 heteroatoms. The number of ether oxygens (including phenoxy) is 1. The molecule has 0 saturated carbocycles. The summed E-state index contributed by atoms with van der Waals surface area (Å²) >= 11 is 0. The van der Waals surface area contributed by atoms with Gasteiger partial charge < -0.3 is 4.74 Å². The van der Waals surface area contributed by atoms with Gasteiger partial charge in [-0.25, -0.2) is 15.2 Å². The molecule has 1 aliphatic heterocycles. The molecule has 1 aromatic heterocycles. The standard InChI is InChI=1S/C25H24N6O3/c1-25(2,3)34-24(33)31-14-18-10-9-16(11-19(18)15-31)13-27-30-23-28-21(17-7-5-4-6-8-17)20(12-26)22(32)29-23/h4-11,13H,14-15H2,1-3H3,(H2,28,29,30,32). The summed E-state index contributed by atoms with van der Waals surface area (Å²) in [6.45, 7) is 6.49. The van der Waals surface area contributed by atoms with Crippen LogP contribution in [0.2, 0.25) is 0 Å². The predicted octanol–water partition coefficient (Wildman–Crippen LogP) is 4.01. The molecule has 1 amide bonds. The van der Waals surface area contributed by atoms with E-state index in [1.165, 1.54) is 0 Å². The Kier molecular flexibility index (Phi) is 6.15. The number of fused-ring (bicyclic) bond motifs is 1. The highest BCUT2D eigenvalue weighted by molar-refractivity contribution is 5.81. The molecule has 2 aromatic carbocycles. The molecule has 4 rings (SSSR count). The molecule has 0 fully saturated rings. The van der Waals surface area contributed by atoms with Gasteiger partial charge in [-0.2, -0.15) is 10.4 Å². The molecule has 0 atom stereocenters. The number of nitrogens with one attached hydrogen (secondary N) is 2. The molecule has 3 aromatic rings. The number of aromatic amines is 1. The van der Waals surface area contributed by atoms with Crippen LogP contribution in [0, 0.1) is 11.3 Å². The van der Waals surface area contributed by atoms with Crippen LogP contribution in [0.1, 0.15) is 43.0 Å². The molecule has 2 N–H and O–H groups in total. The highest BCUT2D eigenvalue weighted by Crippen LogP contribution is 2.25. The van der Waals surface area contributed by atoms with Crippen LogP contribution in [-0.2, 0) is 17.8 Å². The first kappa shape index (κ1) is 22.7. The number of carbonyl (C=O) groups excluding carboxylic acids is 1. The van der Waals surface area contributed by atoms with Gasteiger partial charge in [0.2, 0.25) is 5.95 Å². The maximum Gasteiger partial charge on any atom is 0.410 e. The molecule has 0 aliphatic carbocycles. The van der Waals surface area contributed by atoms with E-state index in [0.29, 0.717) is 18.7 Å². The molecule has 172 valence electrons. The number of benzene rings is 2. The Bertz CT molecular complexity index is 1350. The van der Waals surface area contributed by atoms with Crippen molar-refractivity contribution >= 4 is 18.3 Å². The zero-order valence-corrected chi connectivity index (χ0v) is 19.1. The Balaban J connectivity index is 1.48. The first-order valence-electron chi connectivity index (χ1n) is 10.7. The average molecular weight is 457 g/mol. The number of carbonyl (C=O) groups is 1. The Hall–Kier alpha value is -4.45. The van der Waals surface area contributed by atoms with Crippen LogP contribution in [0.25, 0.3) is 11.3 Å². The van der Waals surface area contributed by atoms with Crippen molar-refractivity contribution in [3.8, 4) is 17.3 Å². The van der Waals surface area contributed by atoms with Crippen LogP contribution in [0.15, 0.2) is 58.4 Å². The Morgan fingerprint density at radius 1 is 1.21 bits per heavy atom. The van der Waals surface area contributed by atoms with Crippen molar-refractivity contribution in [2.45, 2.75) is 39.5 Å². The van der Waals surface area contributed by atoms with Crippen molar-refractivity contribution in [1.82, 2.24) is 14.9 Å². The third kappa shape index (κ3) is 5.13. The van der Waals surface area contributed by atoms with E-state index in [9.17, 15) is 14.9 Å². The topological polar surface area (TPSA) is 123 Å². The van der Waals surface area contributed by atoms with Crippen molar-refractivity contribution in [1.29, 1.82) is 5.26 Å². The minimum Gasteiger partial charge on any atom is -0.444 e. The summed E-state index contributed by atoms with van der Waals surface area (Å²) in [6, 6.07) is 16.7. The lowest BCUT2D eigenvalue weighted by molar-refractivity contribution is 0.0242. The van der Waals surface area contributed by atoms with Crippen molar-refractivity contribution in [2.24, 2.45) is 5.10 Å². The summed E-state index contributed by atoms with van der Waals surface area (Å²) in [4.78, 5) is 33.3. The van der Waals surface area contributed by atoms with Gasteiger partial charge in [-0.15, -0.1) is 0 Å². The third-order valence-corrected chi connectivity index (χ3v) is 5.07. The predicted molar refractivity (Wildman–Crippen MR) is 128 cm³/mol. The normalized spacial score (nSPS) is 12.9. The summed E-state index contributed by atoms with van der Waals surface area (Å²) in [5, 5.41) is 13.5. The number of anilines is 1. The summed E-state index contributed by atoms with van der Waals surface area (Å²) in [5.41, 5.74) is 5.40. The highest BCUT2D eigenvalue weighted by Gasteiger charge is 2.27. The van der Waals surface area contributed by atoms with Gasteiger partial charge in [0.1, 0.15) is 17.2 Å². The first-order valence-corrected chi connectivity index (χ1v) is 10.7. The fraction of sp³-hybridized carbons (Fsp3) is 0.240. The van der Waals surface area contributed by atoms with Gasteiger partial charge in [0.25, 0.3) is 5.56 Å². The number of H-pyrrole nitrogens is 1. The third-order valence-electron chi connectivity index (χ3n) is 5.07.